The van der Waals surface area contributed by atoms with E-state index in [4.69, 9.17) is 10.8 Å². The number of nitrogens with two attached hydrogens (primary N) is 1. The molecule has 0 bridgehead atoms. The van der Waals surface area contributed by atoms with Crippen molar-refractivity contribution in [2.24, 2.45) is 11.7 Å². The summed E-state index contributed by atoms with van der Waals surface area (Å²) in [5, 5.41) is 25.9. The highest BCUT2D eigenvalue weighted by Gasteiger charge is 2.32. The highest BCUT2D eigenvalue weighted by molar-refractivity contribution is 7.98. The van der Waals surface area contributed by atoms with Crippen LogP contribution in [0.3, 0.4) is 0 Å². The van der Waals surface area contributed by atoms with Crippen LogP contribution in [0.4, 0.5) is 0 Å². The molecule has 0 aliphatic rings. The molecule has 0 saturated carbocycles. The fourth-order valence-electron chi connectivity index (χ4n) is 3.49. The molecule has 1 aromatic rings. The quantitative estimate of drug-likeness (QED) is 0.166. The van der Waals surface area contributed by atoms with E-state index in [-0.39, 0.29) is 18.8 Å². The van der Waals surface area contributed by atoms with E-state index in [1.54, 1.807) is 6.92 Å². The van der Waals surface area contributed by atoms with Gasteiger partial charge in [0.2, 0.25) is 17.7 Å². The van der Waals surface area contributed by atoms with Gasteiger partial charge in [-0.1, -0.05) is 50.6 Å². The molecule has 0 fully saturated rings. The number of carbonyl (C=O) groups is 5. The molecular formula is C25H38N4O7S. The molecule has 5 atom stereocenters. The Balaban J connectivity index is 2.96. The van der Waals surface area contributed by atoms with E-state index in [2.05, 4.69) is 16.0 Å². The molecule has 1 rings (SSSR count). The summed E-state index contributed by atoms with van der Waals surface area (Å²) in [7, 11) is 0. The molecule has 0 heterocycles. The van der Waals surface area contributed by atoms with Gasteiger partial charge in [-0.05, 0) is 42.8 Å². The molecule has 1 aromatic carbocycles. The summed E-state index contributed by atoms with van der Waals surface area (Å²) in [5.41, 5.74) is 6.94. The SMILES string of the molecule is CCC(C)C(NC(=O)C(CCSC)NC(=O)C(N)Cc1ccccc1)C(=O)NC(CCC(=O)O)C(=O)O. The first-order valence-electron chi connectivity index (χ1n) is 12.1. The number of benzene rings is 1. The first-order chi connectivity index (χ1) is 17.5. The number of thioether (sulfide) groups is 1. The van der Waals surface area contributed by atoms with Gasteiger partial charge >= 0.3 is 11.9 Å². The molecular weight excluding hydrogens is 500 g/mol. The zero-order valence-electron chi connectivity index (χ0n) is 21.4. The fraction of sp³-hybridized carbons (Fsp3) is 0.560. The number of carboxylic acid groups (broad SMARTS) is 2. The smallest absolute Gasteiger partial charge is 0.326 e. The standard InChI is InChI=1S/C25H38N4O7S/c1-4-15(2)21(24(34)28-19(25(35)36)10-11-20(30)31)29-23(33)18(12-13-37-3)27-22(32)17(26)14-16-8-6-5-7-9-16/h5-9,15,17-19,21H,4,10-14,26H2,1-3H3,(H,27,32)(H,28,34)(H,29,33)(H,30,31)(H,35,36). The van der Waals surface area contributed by atoms with Gasteiger partial charge in [0.05, 0.1) is 6.04 Å². The maximum absolute atomic E-state index is 13.2. The van der Waals surface area contributed by atoms with Crippen molar-refractivity contribution in [3.8, 4) is 0 Å². The van der Waals surface area contributed by atoms with Crippen molar-refractivity contribution in [1.82, 2.24) is 16.0 Å². The summed E-state index contributed by atoms with van der Waals surface area (Å²) >= 11 is 1.49. The maximum atomic E-state index is 13.2. The molecule has 0 saturated heterocycles. The van der Waals surface area contributed by atoms with E-state index in [1.165, 1.54) is 11.8 Å². The van der Waals surface area contributed by atoms with Gasteiger partial charge in [0.15, 0.2) is 0 Å². The Kier molecular flexibility index (Phi) is 14.3. The number of nitrogens with one attached hydrogen (secondary N) is 3. The normalized spacial score (nSPS) is 14.9. The third-order valence-corrected chi connectivity index (χ3v) is 6.58. The van der Waals surface area contributed by atoms with E-state index in [9.17, 15) is 29.1 Å². The van der Waals surface area contributed by atoms with Crippen LogP contribution in [0.5, 0.6) is 0 Å². The summed E-state index contributed by atoms with van der Waals surface area (Å²) in [5.74, 6) is -4.21. The van der Waals surface area contributed by atoms with Crippen LogP contribution in [0.2, 0.25) is 0 Å². The van der Waals surface area contributed by atoms with Gasteiger partial charge in [0, 0.05) is 6.42 Å². The van der Waals surface area contributed by atoms with E-state index < -0.39 is 60.2 Å². The number of carboxylic acids is 2. The van der Waals surface area contributed by atoms with Crippen molar-refractivity contribution in [2.75, 3.05) is 12.0 Å². The van der Waals surface area contributed by atoms with Gasteiger partial charge in [-0.25, -0.2) is 4.79 Å². The van der Waals surface area contributed by atoms with E-state index >= 15 is 0 Å². The first-order valence-corrected chi connectivity index (χ1v) is 13.5. The minimum atomic E-state index is -1.42. The number of hydrogen-bond acceptors (Lipinski definition) is 7. The first kappa shape index (κ1) is 31.9. The van der Waals surface area contributed by atoms with Crippen molar-refractivity contribution in [2.45, 2.75) is 70.1 Å². The Morgan fingerprint density at radius 2 is 1.54 bits per heavy atom. The van der Waals surface area contributed by atoms with Crippen LogP contribution < -0.4 is 21.7 Å². The van der Waals surface area contributed by atoms with Crippen molar-refractivity contribution < 1.29 is 34.2 Å². The molecule has 11 nitrogen and oxygen atoms in total. The Morgan fingerprint density at radius 1 is 0.919 bits per heavy atom. The zero-order chi connectivity index (χ0) is 28.0. The maximum Gasteiger partial charge on any atom is 0.326 e. The van der Waals surface area contributed by atoms with Crippen LogP contribution in [0.25, 0.3) is 0 Å². The molecule has 0 radical (unpaired) electrons. The summed E-state index contributed by atoms with van der Waals surface area (Å²) in [6, 6.07) is 4.88. The minimum Gasteiger partial charge on any atom is -0.481 e. The van der Waals surface area contributed by atoms with E-state index in [0.717, 1.165) is 5.56 Å². The predicted molar refractivity (Wildman–Crippen MR) is 141 cm³/mol. The minimum absolute atomic E-state index is 0.286. The van der Waals surface area contributed by atoms with Gasteiger partial charge in [0.25, 0.3) is 0 Å². The lowest BCUT2D eigenvalue weighted by atomic mass is 9.97. The Labute approximate surface area is 221 Å². The Morgan fingerprint density at radius 3 is 2.08 bits per heavy atom. The van der Waals surface area contributed by atoms with Crippen molar-refractivity contribution in [3.05, 3.63) is 35.9 Å². The number of hydrogen-bond donors (Lipinski definition) is 6. The second-order valence-electron chi connectivity index (χ2n) is 8.84. The van der Waals surface area contributed by atoms with Crippen molar-refractivity contribution in [3.63, 3.8) is 0 Å². The average Bonchev–Trinajstić information content (AvgIpc) is 2.86. The Hall–Kier alpha value is -3.12. The van der Waals surface area contributed by atoms with Crippen LogP contribution in [-0.2, 0) is 30.4 Å². The van der Waals surface area contributed by atoms with Gasteiger partial charge in [-0.15, -0.1) is 0 Å². The molecule has 37 heavy (non-hydrogen) atoms. The van der Waals surface area contributed by atoms with Crippen LogP contribution in [0.15, 0.2) is 30.3 Å². The highest BCUT2D eigenvalue weighted by atomic mass is 32.2. The third-order valence-electron chi connectivity index (χ3n) is 5.93. The summed E-state index contributed by atoms with van der Waals surface area (Å²) < 4.78 is 0. The predicted octanol–water partition coefficient (Wildman–Crippen LogP) is 0.759. The number of carbonyl (C=O) groups excluding carboxylic acids is 3. The molecule has 0 aliphatic heterocycles. The van der Waals surface area contributed by atoms with Gasteiger partial charge < -0.3 is 31.9 Å². The van der Waals surface area contributed by atoms with Crippen LogP contribution >= 0.6 is 11.8 Å². The monoisotopic (exact) mass is 538 g/mol. The number of aliphatic carboxylic acids is 2. The summed E-state index contributed by atoms with van der Waals surface area (Å²) in [4.78, 5) is 61.3. The summed E-state index contributed by atoms with van der Waals surface area (Å²) in [6.45, 7) is 3.54. The molecule has 7 N–H and O–H groups in total. The van der Waals surface area contributed by atoms with Gasteiger partial charge in [-0.2, -0.15) is 11.8 Å². The second-order valence-corrected chi connectivity index (χ2v) is 9.83. The lowest BCUT2D eigenvalue weighted by Crippen LogP contribution is -2.58. The van der Waals surface area contributed by atoms with Gasteiger partial charge in [-0.3, -0.25) is 19.2 Å². The largest absolute Gasteiger partial charge is 0.481 e. The fourth-order valence-corrected chi connectivity index (χ4v) is 3.96. The second kappa shape index (κ2) is 16.6. The topological polar surface area (TPSA) is 188 Å². The lowest BCUT2D eigenvalue weighted by Gasteiger charge is -2.28. The molecule has 5 unspecified atom stereocenters. The van der Waals surface area contributed by atoms with Crippen molar-refractivity contribution in [1.29, 1.82) is 0 Å². The highest BCUT2D eigenvalue weighted by Crippen LogP contribution is 2.11. The molecule has 0 aliphatic carbocycles. The lowest BCUT2D eigenvalue weighted by molar-refractivity contribution is -0.143. The number of amides is 3. The van der Waals surface area contributed by atoms with E-state index in [1.807, 2.05) is 43.5 Å². The third kappa shape index (κ3) is 11.6. The molecule has 0 aromatic heterocycles. The van der Waals surface area contributed by atoms with Crippen molar-refractivity contribution >= 4 is 41.4 Å². The van der Waals surface area contributed by atoms with E-state index in [0.29, 0.717) is 18.6 Å². The molecule has 3 amide bonds. The summed E-state index contributed by atoms with van der Waals surface area (Å²) in [6.07, 6.45) is 2.19. The van der Waals surface area contributed by atoms with Gasteiger partial charge in [0.1, 0.15) is 18.1 Å². The molecule has 12 heteroatoms. The average molecular weight is 539 g/mol. The van der Waals surface area contributed by atoms with Crippen LogP contribution in [-0.4, -0.2) is 76.0 Å². The zero-order valence-corrected chi connectivity index (χ0v) is 22.3. The Bertz CT molecular complexity index is 916. The molecule has 206 valence electrons. The van der Waals surface area contributed by atoms with Crippen LogP contribution in [0, 0.1) is 5.92 Å². The number of rotatable bonds is 17. The van der Waals surface area contributed by atoms with Crippen LogP contribution in [0.1, 0.15) is 45.1 Å². The molecule has 0 spiro atoms.